The van der Waals surface area contributed by atoms with E-state index in [1.807, 2.05) is 18.2 Å². The summed E-state index contributed by atoms with van der Waals surface area (Å²) < 4.78 is 5.03. The second-order valence-corrected chi connectivity index (χ2v) is 5.55. The molecule has 0 amide bonds. The molecule has 0 radical (unpaired) electrons. The number of aromatic nitrogens is 1. The van der Waals surface area contributed by atoms with E-state index in [2.05, 4.69) is 27.5 Å². The minimum absolute atomic E-state index is 0.0567. The summed E-state index contributed by atoms with van der Waals surface area (Å²) in [7, 11) is 1.64. The number of aryl methyl sites for hydroxylation is 1. The molecular weight excluding hydrogens is 318 g/mol. The maximum absolute atomic E-state index is 10.6. The largest absolute Gasteiger partial charge is 0.383 e. The zero-order chi connectivity index (χ0) is 16.7. The van der Waals surface area contributed by atoms with Gasteiger partial charge in [0.15, 0.2) is 0 Å². The van der Waals surface area contributed by atoms with Crippen LogP contribution in [0.2, 0.25) is 0 Å². The number of anilines is 1. The Morgan fingerprint density at radius 3 is 2.91 bits per heavy atom. The Balaban J connectivity index is 2.19. The number of nitrogens with one attached hydrogen (secondary N) is 1. The molecule has 0 saturated heterocycles. The first kappa shape index (κ1) is 17.0. The van der Waals surface area contributed by atoms with Gasteiger partial charge in [-0.3, -0.25) is 10.1 Å². The molecule has 1 aromatic carbocycles. The molecule has 1 aromatic heterocycles. The Labute approximate surface area is 137 Å². The van der Waals surface area contributed by atoms with Crippen LogP contribution in [0.4, 0.5) is 21.5 Å². The topological polar surface area (TPSA) is 102 Å². The van der Waals surface area contributed by atoms with E-state index in [0.717, 1.165) is 23.4 Å². The highest BCUT2D eigenvalue weighted by Crippen LogP contribution is 2.31. The van der Waals surface area contributed by atoms with Gasteiger partial charge in [-0.2, -0.15) is 0 Å². The summed E-state index contributed by atoms with van der Waals surface area (Å²) in [6.07, 6.45) is 2.09. The van der Waals surface area contributed by atoms with Crippen molar-refractivity contribution in [1.29, 1.82) is 0 Å². The lowest BCUT2D eigenvalue weighted by Crippen LogP contribution is -2.07. The Morgan fingerprint density at radius 1 is 1.43 bits per heavy atom. The molecule has 1 heterocycles. The molecule has 0 fully saturated rings. The van der Waals surface area contributed by atoms with Gasteiger partial charge in [0.2, 0.25) is 5.13 Å². The summed E-state index contributed by atoms with van der Waals surface area (Å²) in [5, 5.41) is 22.2. The summed E-state index contributed by atoms with van der Waals surface area (Å²) in [5.41, 5.74) is 2.67. The van der Waals surface area contributed by atoms with Gasteiger partial charge in [-0.15, -0.1) is 10.2 Å². The van der Waals surface area contributed by atoms with Crippen LogP contribution in [0.15, 0.2) is 34.6 Å². The van der Waals surface area contributed by atoms with E-state index in [4.69, 9.17) is 4.74 Å². The summed E-state index contributed by atoms with van der Waals surface area (Å²) in [4.78, 5) is 14.0. The van der Waals surface area contributed by atoms with E-state index in [9.17, 15) is 10.1 Å². The Bertz CT molecular complexity index is 701. The average Bonchev–Trinajstić information content (AvgIpc) is 3.03. The summed E-state index contributed by atoms with van der Waals surface area (Å²) in [6.45, 7) is 3.30. The minimum Gasteiger partial charge on any atom is -0.383 e. The van der Waals surface area contributed by atoms with Crippen molar-refractivity contribution >= 4 is 32.8 Å². The number of rotatable bonds is 8. The van der Waals surface area contributed by atoms with E-state index in [0.29, 0.717) is 18.8 Å². The second kappa shape index (κ2) is 8.30. The van der Waals surface area contributed by atoms with E-state index in [-0.39, 0.29) is 10.1 Å². The van der Waals surface area contributed by atoms with Crippen molar-refractivity contribution in [2.45, 2.75) is 13.3 Å². The molecule has 0 aliphatic heterocycles. The van der Waals surface area contributed by atoms with Gasteiger partial charge in [0.05, 0.1) is 17.2 Å². The van der Waals surface area contributed by atoms with Crippen LogP contribution < -0.4 is 5.32 Å². The number of nitrogens with zero attached hydrogens (tertiary/aromatic N) is 4. The number of methoxy groups -OCH3 is 1. The standard InChI is InChI=1S/C14H17N5O3S/c1-3-10-4-5-11(12(8-10)15-6-7-22-2)17-18-14-16-9-13(23-14)19(20)21/h4-5,8-9,15H,3,6-7H2,1-2H3. The molecule has 8 nitrogen and oxygen atoms in total. The van der Waals surface area contributed by atoms with Crippen molar-refractivity contribution in [1.82, 2.24) is 4.98 Å². The van der Waals surface area contributed by atoms with Gasteiger partial charge in [0, 0.05) is 13.7 Å². The number of azo groups is 1. The molecule has 2 rings (SSSR count). The van der Waals surface area contributed by atoms with Gasteiger partial charge in [0.1, 0.15) is 11.9 Å². The zero-order valence-corrected chi connectivity index (χ0v) is 13.7. The molecule has 122 valence electrons. The number of nitro groups is 1. The number of thiazole rings is 1. The molecule has 0 spiro atoms. The lowest BCUT2D eigenvalue weighted by atomic mass is 10.1. The van der Waals surface area contributed by atoms with Crippen molar-refractivity contribution in [3.63, 3.8) is 0 Å². The highest BCUT2D eigenvalue weighted by atomic mass is 32.1. The fourth-order valence-electron chi connectivity index (χ4n) is 1.80. The first-order valence-corrected chi connectivity index (χ1v) is 7.83. The molecule has 23 heavy (non-hydrogen) atoms. The molecule has 0 aliphatic carbocycles. The van der Waals surface area contributed by atoms with Crippen LogP contribution in [0.3, 0.4) is 0 Å². The normalized spacial score (nSPS) is 11.0. The quantitative estimate of drug-likeness (QED) is 0.339. The van der Waals surface area contributed by atoms with Crippen molar-refractivity contribution in [3.8, 4) is 0 Å². The molecule has 0 atom stereocenters. The molecular formula is C14H17N5O3S. The minimum atomic E-state index is -0.496. The van der Waals surface area contributed by atoms with Gasteiger partial charge < -0.3 is 10.1 Å². The lowest BCUT2D eigenvalue weighted by molar-refractivity contribution is -0.380. The first-order chi connectivity index (χ1) is 11.1. The predicted molar refractivity (Wildman–Crippen MR) is 89.1 cm³/mol. The highest BCUT2D eigenvalue weighted by molar-refractivity contribution is 7.18. The van der Waals surface area contributed by atoms with E-state index in [1.54, 1.807) is 7.11 Å². The molecule has 0 unspecified atom stereocenters. The fraction of sp³-hybridized carbons (Fsp3) is 0.357. The molecule has 0 saturated carbocycles. The van der Waals surface area contributed by atoms with Crippen molar-refractivity contribution < 1.29 is 9.66 Å². The average molecular weight is 335 g/mol. The molecule has 0 bridgehead atoms. The zero-order valence-electron chi connectivity index (χ0n) is 12.9. The van der Waals surface area contributed by atoms with Crippen LogP contribution in [0.5, 0.6) is 0 Å². The smallest absolute Gasteiger partial charge is 0.345 e. The third-order valence-electron chi connectivity index (χ3n) is 3.00. The Kier molecular flexibility index (Phi) is 6.12. The van der Waals surface area contributed by atoms with Crippen LogP contribution in [-0.4, -0.2) is 30.2 Å². The number of benzene rings is 1. The number of ether oxygens (including phenoxy) is 1. The second-order valence-electron chi connectivity index (χ2n) is 4.56. The molecule has 9 heteroatoms. The third kappa shape index (κ3) is 4.80. The van der Waals surface area contributed by atoms with Crippen molar-refractivity contribution in [3.05, 3.63) is 40.1 Å². The Morgan fingerprint density at radius 2 is 2.26 bits per heavy atom. The van der Waals surface area contributed by atoms with Crippen LogP contribution in [0.25, 0.3) is 0 Å². The number of hydrogen-bond acceptors (Lipinski definition) is 8. The molecule has 0 aliphatic rings. The maximum atomic E-state index is 10.6. The Hall–Kier alpha value is -2.39. The maximum Gasteiger partial charge on any atom is 0.345 e. The highest BCUT2D eigenvalue weighted by Gasteiger charge is 2.11. The molecule has 1 N–H and O–H groups in total. The molecule has 2 aromatic rings. The summed E-state index contributed by atoms with van der Waals surface area (Å²) in [6, 6.07) is 5.84. The third-order valence-corrected chi connectivity index (χ3v) is 3.83. The summed E-state index contributed by atoms with van der Waals surface area (Å²) in [5.74, 6) is 0. The van der Waals surface area contributed by atoms with Crippen LogP contribution in [0.1, 0.15) is 12.5 Å². The van der Waals surface area contributed by atoms with E-state index in [1.165, 1.54) is 11.8 Å². The van der Waals surface area contributed by atoms with E-state index >= 15 is 0 Å². The van der Waals surface area contributed by atoms with Gasteiger partial charge >= 0.3 is 5.00 Å². The number of hydrogen-bond donors (Lipinski definition) is 1. The van der Waals surface area contributed by atoms with Crippen molar-refractivity contribution in [2.75, 3.05) is 25.6 Å². The fourth-order valence-corrected chi connectivity index (χ4v) is 2.36. The summed E-state index contributed by atoms with van der Waals surface area (Å²) >= 11 is 0.884. The van der Waals surface area contributed by atoms with Gasteiger partial charge in [-0.25, -0.2) is 4.98 Å². The van der Waals surface area contributed by atoms with Crippen LogP contribution >= 0.6 is 11.3 Å². The van der Waals surface area contributed by atoms with E-state index < -0.39 is 4.92 Å². The lowest BCUT2D eigenvalue weighted by Gasteiger charge is -2.09. The van der Waals surface area contributed by atoms with Gasteiger partial charge in [0.25, 0.3) is 0 Å². The van der Waals surface area contributed by atoms with Crippen LogP contribution in [0, 0.1) is 10.1 Å². The predicted octanol–water partition coefficient (Wildman–Crippen LogP) is 4.09. The van der Waals surface area contributed by atoms with Gasteiger partial charge in [-0.1, -0.05) is 13.0 Å². The first-order valence-electron chi connectivity index (χ1n) is 7.01. The monoisotopic (exact) mass is 335 g/mol. The van der Waals surface area contributed by atoms with Crippen LogP contribution in [-0.2, 0) is 11.2 Å². The van der Waals surface area contributed by atoms with Crippen molar-refractivity contribution in [2.24, 2.45) is 10.2 Å². The van der Waals surface area contributed by atoms with Gasteiger partial charge in [-0.05, 0) is 35.5 Å². The SMILES string of the molecule is CCc1ccc(N=Nc2ncc([N+](=O)[O-])s2)c(NCCOC)c1.